The molecule has 11 aromatic rings. The smallest absolute Gasteiger partial charge is 0.0327 e. The largest absolute Gasteiger partial charge is 0.175 e. The first kappa shape index (κ1) is 112. The van der Waals surface area contributed by atoms with Crippen LogP contribution in [-0.4, -0.2) is 0 Å². The summed E-state index contributed by atoms with van der Waals surface area (Å²) in [6, 6.07) is 26.7. The molecular formula is C119H174S6. The van der Waals surface area contributed by atoms with E-state index in [-0.39, 0.29) is 33.2 Å². The molecular weight excluding hydrogens is 1620 g/mol. The number of aryl methyl sites for hydroxylation is 11. The Hall–Kier alpha value is -5.44. The second kappa shape index (κ2) is 42.4. The summed E-state index contributed by atoms with van der Waals surface area (Å²) in [5.41, 5.74) is 54.3. The molecule has 0 heterocycles. The summed E-state index contributed by atoms with van der Waals surface area (Å²) in [5.74, 6) is 3.05. The van der Waals surface area contributed by atoms with Gasteiger partial charge < -0.3 is 0 Å². The average Bonchev–Trinajstić information content (AvgIpc) is 0.720. The normalized spacial score (nSPS) is 12.1. The van der Waals surface area contributed by atoms with Crippen molar-refractivity contribution in [3.63, 3.8) is 0 Å². The van der Waals surface area contributed by atoms with Crippen molar-refractivity contribution >= 4 is 119 Å². The van der Waals surface area contributed by atoms with Gasteiger partial charge in [-0.1, -0.05) is 215 Å². The molecule has 0 spiro atoms. The third-order valence-corrected chi connectivity index (χ3v) is 33.1. The van der Waals surface area contributed by atoms with Crippen LogP contribution in [0.15, 0.2) is 72.8 Å². The van der Waals surface area contributed by atoms with Crippen molar-refractivity contribution in [1.82, 2.24) is 0 Å². The van der Waals surface area contributed by atoms with Crippen LogP contribution in [0.4, 0.5) is 0 Å². The van der Waals surface area contributed by atoms with E-state index in [0.29, 0.717) is 16.2 Å². The van der Waals surface area contributed by atoms with E-state index in [1.807, 2.05) is 13.8 Å². The van der Waals surface area contributed by atoms with Crippen LogP contribution in [-0.2, 0) is 48.8 Å². The fourth-order valence-electron chi connectivity index (χ4n) is 19.0. The average molecular weight is 1800 g/mol. The monoisotopic (exact) mass is 1800 g/mol. The van der Waals surface area contributed by atoms with Crippen molar-refractivity contribution in [2.24, 2.45) is 16.2 Å². The fourth-order valence-corrected chi connectivity index (χ4v) is 21.1. The molecule has 0 saturated heterocycles. The molecule has 0 unspecified atom stereocenters. The molecule has 0 aliphatic carbocycles. The van der Waals surface area contributed by atoms with Crippen molar-refractivity contribution in [2.75, 3.05) is 0 Å². The SMILES string of the molecule is C.CC.Cc1c(C)c(C(C)(C)S)c(C)c(C)c1-c1c(C)c(C)c(C(C)(C)S)c(C)c1C.Cc1c(C)c(C)c2c(C)c3c(CS)c(C)c(C)c(CS)c3c(C)c2c1C.Cc1c(C)c(C)c2c(CS)c3c(C)c(C)c(C)c(C)c3c(CS)c2c1C.Cc1ccc(C(C)(C)C(C)(C)C)cc1.Cc1ccc(C(C)(C)C(C)(C)C)cc1.Cc1ccc(C(C)(C)C(C)(C)C)cc1. The van der Waals surface area contributed by atoms with E-state index >= 15 is 0 Å². The number of hydrogen-bond donors (Lipinski definition) is 6. The van der Waals surface area contributed by atoms with E-state index < -0.39 is 0 Å². The quantitative estimate of drug-likeness (QED) is 0.0571. The third-order valence-electron chi connectivity index (χ3n) is 31.4. The minimum atomic E-state index is -0.155. The molecule has 686 valence electrons. The van der Waals surface area contributed by atoms with Gasteiger partial charge in [0.1, 0.15) is 0 Å². The Morgan fingerprint density at radius 3 is 0.504 bits per heavy atom. The molecule has 0 amide bonds. The zero-order valence-electron chi connectivity index (χ0n) is 87.4. The van der Waals surface area contributed by atoms with Crippen molar-refractivity contribution in [3.8, 4) is 11.1 Å². The van der Waals surface area contributed by atoms with Crippen LogP contribution < -0.4 is 0 Å². The summed E-state index contributed by atoms with van der Waals surface area (Å²) < 4.78 is -0.309. The Morgan fingerprint density at radius 1 is 0.192 bits per heavy atom. The Balaban J connectivity index is 0.000000320. The van der Waals surface area contributed by atoms with Gasteiger partial charge >= 0.3 is 0 Å². The molecule has 0 N–H and O–H groups in total. The second-order valence-electron chi connectivity index (χ2n) is 42.4. The number of benzene rings is 11. The van der Waals surface area contributed by atoms with E-state index in [1.54, 1.807) is 0 Å². The highest BCUT2D eigenvalue weighted by Crippen LogP contribution is 2.51. The molecule has 0 saturated carbocycles. The van der Waals surface area contributed by atoms with Gasteiger partial charge in [0.2, 0.25) is 0 Å². The first-order valence-corrected chi connectivity index (χ1v) is 49.3. The van der Waals surface area contributed by atoms with Crippen LogP contribution in [0.3, 0.4) is 0 Å². The van der Waals surface area contributed by atoms with Crippen molar-refractivity contribution in [3.05, 3.63) is 273 Å². The Labute approximate surface area is 801 Å². The van der Waals surface area contributed by atoms with Crippen LogP contribution in [0.5, 0.6) is 0 Å². The maximum absolute atomic E-state index is 4.91. The van der Waals surface area contributed by atoms with Crippen molar-refractivity contribution in [1.29, 1.82) is 0 Å². The van der Waals surface area contributed by atoms with Crippen LogP contribution in [0.1, 0.15) is 353 Å². The molecule has 0 fully saturated rings. The van der Waals surface area contributed by atoms with Gasteiger partial charge in [0, 0.05) is 32.5 Å². The van der Waals surface area contributed by atoms with Crippen LogP contribution in [0, 0.1) is 203 Å². The standard InChI is InChI=1S/C26H38S2.2C24H30S2.3C14H22.C2H6.CH4/c1-13-17(5)23(25(9,10)27)18(6)14(2)21(13)22-15(3)19(7)24(26(11,12)28)20(8)16(22)4;1-11-12(2)16(6)22-18(8)24-20(10-26)14(4)13(3)19(9-25)23(24)17(7)21(22)15(11)5;1-11-12(2)16(6)22-20(10-26)24-18(8)14(4)13(3)17(7)23(24)19(9-25)21(22)15(11)5;3*1-11-7-9-12(10-8-11)14(5,6)13(2,3)4;1-2;/h27-28H,1-12H3;2*25-26H,9-10H2,1-8H3;3*7-10H,1-6H3;1-2H3;1H4. The van der Waals surface area contributed by atoms with Crippen molar-refractivity contribution < 1.29 is 0 Å². The van der Waals surface area contributed by atoms with Crippen LogP contribution in [0.25, 0.3) is 54.2 Å². The predicted octanol–water partition coefficient (Wildman–Crippen LogP) is 37.4. The van der Waals surface area contributed by atoms with E-state index in [4.69, 9.17) is 75.8 Å². The second-order valence-corrected chi connectivity index (χ2v) is 45.9. The molecule has 11 rings (SSSR count). The van der Waals surface area contributed by atoms with Gasteiger partial charge in [-0.3, -0.25) is 0 Å². The molecule has 0 aromatic heterocycles. The van der Waals surface area contributed by atoms with Gasteiger partial charge in [0.15, 0.2) is 0 Å². The fraction of sp³-hybridized carbons (Fsp3) is 0.513. The maximum Gasteiger partial charge on any atom is 0.0327 e. The zero-order valence-corrected chi connectivity index (χ0v) is 92.8. The van der Waals surface area contributed by atoms with E-state index in [2.05, 4.69) is 391 Å². The van der Waals surface area contributed by atoms with Gasteiger partial charge in [0.05, 0.1) is 0 Å². The molecule has 0 nitrogen and oxygen atoms in total. The number of thiol groups is 6. The molecule has 0 radical (unpaired) electrons. The highest BCUT2D eigenvalue weighted by molar-refractivity contribution is 7.81. The number of fused-ring (bicyclic) bond motifs is 4. The van der Waals surface area contributed by atoms with Crippen LogP contribution in [0.2, 0.25) is 0 Å². The lowest BCUT2D eigenvalue weighted by Crippen LogP contribution is -2.33. The van der Waals surface area contributed by atoms with Crippen molar-refractivity contribution in [2.45, 2.75) is 389 Å². The summed E-state index contributed by atoms with van der Waals surface area (Å²) in [6.07, 6.45) is 0. The van der Waals surface area contributed by atoms with Crippen LogP contribution >= 0.6 is 75.8 Å². The topological polar surface area (TPSA) is 0 Å². The molecule has 0 aliphatic rings. The molecule has 6 heteroatoms. The Morgan fingerprint density at radius 2 is 0.352 bits per heavy atom. The first-order valence-electron chi connectivity index (χ1n) is 45.8. The molecule has 0 bridgehead atoms. The Bertz CT molecular complexity index is 5170. The summed E-state index contributed by atoms with van der Waals surface area (Å²) in [7, 11) is 0. The van der Waals surface area contributed by atoms with E-state index in [0.717, 1.165) is 23.0 Å². The van der Waals surface area contributed by atoms with Gasteiger partial charge in [-0.15, -0.1) is 0 Å². The van der Waals surface area contributed by atoms with Gasteiger partial charge in [-0.05, 0) is 485 Å². The summed E-state index contributed by atoms with van der Waals surface area (Å²) in [6.45, 7) is 108. The molecule has 125 heavy (non-hydrogen) atoms. The van der Waals surface area contributed by atoms with Gasteiger partial charge in [-0.25, -0.2) is 0 Å². The number of hydrogen-bond acceptors (Lipinski definition) is 6. The summed E-state index contributed by atoms with van der Waals surface area (Å²) in [5, 5.41) is 11.3. The minimum Gasteiger partial charge on any atom is -0.175 e. The highest BCUT2D eigenvalue weighted by atomic mass is 32.1. The molecule has 11 aromatic carbocycles. The maximum atomic E-state index is 4.91. The lowest BCUT2D eigenvalue weighted by molar-refractivity contribution is 0.225. The lowest BCUT2D eigenvalue weighted by Gasteiger charge is -2.39. The van der Waals surface area contributed by atoms with Gasteiger partial charge in [-0.2, -0.15) is 75.8 Å². The third kappa shape index (κ3) is 22.2. The molecule has 0 atom stereocenters. The minimum absolute atomic E-state index is 0. The summed E-state index contributed by atoms with van der Waals surface area (Å²) >= 11 is 28.8. The van der Waals surface area contributed by atoms with Gasteiger partial charge in [0.25, 0.3) is 0 Å². The number of rotatable bonds is 10. The molecule has 0 aliphatic heterocycles. The predicted molar refractivity (Wildman–Crippen MR) is 592 cm³/mol. The van der Waals surface area contributed by atoms with E-state index in [9.17, 15) is 0 Å². The highest BCUT2D eigenvalue weighted by Gasteiger charge is 2.38. The zero-order chi connectivity index (χ0) is 95.9. The lowest BCUT2D eigenvalue weighted by atomic mass is 9.65. The summed E-state index contributed by atoms with van der Waals surface area (Å²) in [4.78, 5) is 0. The van der Waals surface area contributed by atoms with E-state index in [1.165, 1.54) is 255 Å². The first-order chi connectivity index (χ1) is 56.6. The Kier molecular flexibility index (Phi) is 38.0.